The lowest BCUT2D eigenvalue weighted by Crippen LogP contribution is -2.76. The number of esters is 1. The van der Waals surface area contributed by atoms with Gasteiger partial charge in [-0.2, -0.15) is 0 Å². The summed E-state index contributed by atoms with van der Waals surface area (Å²) in [6.07, 6.45) is 6.54. The van der Waals surface area contributed by atoms with Crippen molar-refractivity contribution in [2.24, 2.45) is 0 Å². The van der Waals surface area contributed by atoms with Gasteiger partial charge < -0.3 is 13.6 Å². The molecule has 4 atom stereocenters. The highest BCUT2D eigenvalue weighted by molar-refractivity contribution is 6.85. The molecule has 1 aliphatic heterocycles. The third-order valence-electron chi connectivity index (χ3n) is 8.50. The average Bonchev–Trinajstić information content (AvgIpc) is 2.70. The van der Waals surface area contributed by atoms with Gasteiger partial charge in [0.2, 0.25) is 8.32 Å². The third kappa shape index (κ3) is 6.93. The fourth-order valence-electron chi connectivity index (χ4n) is 5.84. The lowest BCUT2D eigenvalue weighted by Gasteiger charge is -2.64. The lowest BCUT2D eigenvalue weighted by atomic mass is 10.1. The van der Waals surface area contributed by atoms with Crippen molar-refractivity contribution in [3.8, 4) is 0 Å². The summed E-state index contributed by atoms with van der Waals surface area (Å²) in [5.74, 6) is -0.296. The zero-order valence-corrected chi connectivity index (χ0v) is 26.8. The number of rotatable bonds is 15. The SMILES string of the molecule is C=C(C)C(=O)OCCC[Si](C)(C)OC1(CC)CC(C)[Si]1(C)OC(C)(CCC)[Si](C)(C)CCC. The molecule has 0 spiro atoms. The molecule has 1 heterocycles. The molecule has 1 rings (SSSR count). The molecular formula is C26H54O4Si3. The van der Waals surface area contributed by atoms with Gasteiger partial charge in [0.05, 0.1) is 19.9 Å². The molecular weight excluding hydrogens is 461 g/mol. The van der Waals surface area contributed by atoms with E-state index >= 15 is 0 Å². The molecule has 194 valence electrons. The third-order valence-corrected chi connectivity index (χ3v) is 21.8. The van der Waals surface area contributed by atoms with Crippen molar-refractivity contribution in [1.29, 1.82) is 0 Å². The Morgan fingerprint density at radius 3 is 2.21 bits per heavy atom. The highest BCUT2D eigenvalue weighted by atomic mass is 28.4. The molecule has 33 heavy (non-hydrogen) atoms. The minimum absolute atomic E-state index is 0.000357. The standard InChI is InChI=1S/C26H54O4Si3/c1-13-17-25(7,31(8,9)19-14-2)29-33(12)23(6)21-26(33,15-3)30-32(10,11)20-16-18-28-24(27)22(4)5/h23H,4,13-21H2,1-3,5-12H3. The number of carbonyl (C=O) groups excluding carboxylic acids is 1. The minimum atomic E-state index is -2.13. The highest BCUT2D eigenvalue weighted by Gasteiger charge is 2.68. The summed E-state index contributed by atoms with van der Waals surface area (Å²) >= 11 is 0. The predicted octanol–water partition coefficient (Wildman–Crippen LogP) is 8.01. The molecule has 1 fully saturated rings. The quantitative estimate of drug-likeness (QED) is 0.0960. The maximum absolute atomic E-state index is 11.7. The second-order valence-corrected chi connectivity index (χ2v) is 26.0. The molecule has 0 aromatic rings. The van der Waals surface area contributed by atoms with Gasteiger partial charge >= 0.3 is 5.97 Å². The van der Waals surface area contributed by atoms with E-state index in [0.717, 1.165) is 31.7 Å². The van der Waals surface area contributed by atoms with Crippen molar-refractivity contribution in [2.45, 2.75) is 141 Å². The molecule has 1 saturated heterocycles. The summed E-state index contributed by atoms with van der Waals surface area (Å²) in [6, 6.07) is 2.30. The van der Waals surface area contributed by atoms with Crippen molar-refractivity contribution in [1.82, 2.24) is 0 Å². The Hall–Kier alpha value is -0.219. The Labute approximate surface area is 208 Å². The van der Waals surface area contributed by atoms with E-state index in [4.69, 9.17) is 13.6 Å². The fourth-order valence-corrected chi connectivity index (χ4v) is 18.4. The Morgan fingerprint density at radius 1 is 1.15 bits per heavy atom. The Bertz CT molecular complexity index is 680. The summed E-state index contributed by atoms with van der Waals surface area (Å²) in [6.45, 7) is 29.7. The van der Waals surface area contributed by atoms with Gasteiger partial charge in [0.25, 0.3) is 0 Å². The van der Waals surface area contributed by atoms with Gasteiger partial charge in [0.15, 0.2) is 8.32 Å². The van der Waals surface area contributed by atoms with Crippen LogP contribution in [0.4, 0.5) is 0 Å². The van der Waals surface area contributed by atoms with Gasteiger partial charge in [-0.15, -0.1) is 0 Å². The second-order valence-electron chi connectivity index (χ2n) is 12.2. The van der Waals surface area contributed by atoms with Crippen LogP contribution in [0.1, 0.15) is 80.1 Å². The van der Waals surface area contributed by atoms with Crippen LogP contribution in [-0.4, -0.2) is 47.7 Å². The Morgan fingerprint density at radius 2 is 1.76 bits per heavy atom. The second kappa shape index (κ2) is 11.7. The van der Waals surface area contributed by atoms with E-state index in [2.05, 4.69) is 73.9 Å². The smallest absolute Gasteiger partial charge is 0.333 e. The van der Waals surface area contributed by atoms with Gasteiger partial charge in [-0.3, -0.25) is 0 Å². The van der Waals surface area contributed by atoms with E-state index in [1.54, 1.807) is 6.92 Å². The average molecular weight is 515 g/mol. The Kier molecular flexibility index (Phi) is 10.9. The zero-order chi connectivity index (χ0) is 25.7. The van der Waals surface area contributed by atoms with Crippen LogP contribution < -0.4 is 0 Å². The van der Waals surface area contributed by atoms with E-state index in [-0.39, 0.29) is 16.4 Å². The summed E-state index contributed by atoms with van der Waals surface area (Å²) in [5, 5.41) is -0.0954. The van der Waals surface area contributed by atoms with Crippen LogP contribution in [0.3, 0.4) is 0 Å². The molecule has 4 unspecified atom stereocenters. The topological polar surface area (TPSA) is 44.8 Å². The maximum Gasteiger partial charge on any atom is 0.333 e. The fraction of sp³-hybridized carbons (Fsp3) is 0.885. The van der Waals surface area contributed by atoms with E-state index in [9.17, 15) is 4.79 Å². The molecule has 1 aliphatic rings. The van der Waals surface area contributed by atoms with Gasteiger partial charge in [-0.1, -0.05) is 66.3 Å². The van der Waals surface area contributed by atoms with Gasteiger partial charge in [-0.25, -0.2) is 4.79 Å². The number of hydrogen-bond acceptors (Lipinski definition) is 4. The van der Waals surface area contributed by atoms with E-state index in [1.165, 1.54) is 18.9 Å². The largest absolute Gasteiger partial charge is 0.462 e. The normalized spacial score (nSPS) is 27.5. The van der Waals surface area contributed by atoms with Crippen molar-refractivity contribution in [2.75, 3.05) is 6.61 Å². The molecule has 0 saturated carbocycles. The highest BCUT2D eigenvalue weighted by Crippen LogP contribution is 2.58. The predicted molar refractivity (Wildman–Crippen MR) is 149 cm³/mol. The Balaban J connectivity index is 3.04. The van der Waals surface area contributed by atoms with Crippen LogP contribution in [0.5, 0.6) is 0 Å². The molecule has 0 aliphatic carbocycles. The first-order chi connectivity index (χ1) is 15.1. The zero-order valence-electron chi connectivity index (χ0n) is 23.8. The first-order valence-electron chi connectivity index (χ1n) is 13.3. The minimum Gasteiger partial charge on any atom is -0.462 e. The molecule has 0 N–H and O–H groups in total. The van der Waals surface area contributed by atoms with Crippen molar-refractivity contribution < 1.29 is 18.4 Å². The first kappa shape index (κ1) is 30.8. The van der Waals surface area contributed by atoms with Crippen molar-refractivity contribution >= 4 is 30.7 Å². The van der Waals surface area contributed by atoms with Crippen LogP contribution in [0, 0.1) is 0 Å². The van der Waals surface area contributed by atoms with E-state index in [1.807, 2.05) is 0 Å². The van der Waals surface area contributed by atoms with E-state index in [0.29, 0.717) is 17.7 Å². The number of carbonyl (C=O) groups is 1. The summed E-state index contributed by atoms with van der Waals surface area (Å²) in [7, 11) is -5.65. The summed E-state index contributed by atoms with van der Waals surface area (Å²) in [4.78, 5) is 11.7. The maximum atomic E-state index is 11.7. The molecule has 0 radical (unpaired) electrons. The molecule has 4 nitrogen and oxygen atoms in total. The molecule has 7 heteroatoms. The molecule has 0 amide bonds. The summed E-state index contributed by atoms with van der Waals surface area (Å²) in [5.41, 5.74) is 1.07. The van der Waals surface area contributed by atoms with Gasteiger partial charge in [0, 0.05) is 10.8 Å². The monoisotopic (exact) mass is 514 g/mol. The van der Waals surface area contributed by atoms with Crippen LogP contribution in [0.25, 0.3) is 0 Å². The van der Waals surface area contributed by atoms with Crippen molar-refractivity contribution in [3.05, 3.63) is 12.2 Å². The number of ether oxygens (including phenoxy) is 1. The molecule has 0 aromatic heterocycles. The van der Waals surface area contributed by atoms with Gasteiger partial charge in [-0.05, 0) is 70.8 Å². The molecule has 0 aromatic carbocycles. The van der Waals surface area contributed by atoms with E-state index < -0.39 is 24.7 Å². The van der Waals surface area contributed by atoms with Crippen LogP contribution in [0.2, 0.25) is 50.4 Å². The van der Waals surface area contributed by atoms with Crippen molar-refractivity contribution in [3.63, 3.8) is 0 Å². The lowest BCUT2D eigenvalue weighted by molar-refractivity contribution is -0.138. The van der Waals surface area contributed by atoms with Gasteiger partial charge in [0.1, 0.15) is 0 Å². The van der Waals surface area contributed by atoms with Crippen LogP contribution in [-0.2, 0) is 18.4 Å². The number of hydrogen-bond donors (Lipinski definition) is 0. The summed E-state index contributed by atoms with van der Waals surface area (Å²) < 4.78 is 20.0. The first-order valence-corrected chi connectivity index (χ1v) is 22.1. The van der Waals surface area contributed by atoms with Crippen LogP contribution >= 0.6 is 0 Å². The molecule has 0 bridgehead atoms. The van der Waals surface area contributed by atoms with Crippen LogP contribution in [0.15, 0.2) is 12.2 Å².